The number of hydrogen-bond donors (Lipinski definition) is 0. The number of benzene rings is 2. The van der Waals surface area contributed by atoms with E-state index in [9.17, 15) is 8.42 Å². The minimum atomic E-state index is -3.63. The monoisotopic (exact) mass is 270 g/mol. The lowest BCUT2D eigenvalue weighted by molar-refractivity contribution is 0.615. The van der Waals surface area contributed by atoms with Crippen LogP contribution in [0.3, 0.4) is 0 Å². The molecular formula is C16H14O2S. The maximum Gasteiger partial charge on any atom is 0.206 e. The number of hydrogen-bond acceptors (Lipinski definition) is 2. The number of rotatable bonds is 4. The molecule has 3 heteroatoms. The maximum absolute atomic E-state index is 12.4. The Morgan fingerprint density at radius 2 is 1.00 bits per heavy atom. The van der Waals surface area contributed by atoms with Gasteiger partial charge in [-0.05, 0) is 11.1 Å². The van der Waals surface area contributed by atoms with E-state index in [0.29, 0.717) is 11.1 Å². The minimum Gasteiger partial charge on any atom is -0.219 e. The first-order valence-corrected chi connectivity index (χ1v) is 7.25. The summed E-state index contributed by atoms with van der Waals surface area (Å²) in [6.45, 7) is 7.39. The summed E-state index contributed by atoms with van der Waals surface area (Å²) in [6, 6.07) is 17.7. The predicted octanol–water partition coefficient (Wildman–Crippen LogP) is 3.74. The second-order valence-electron chi connectivity index (χ2n) is 4.08. The Hall–Kier alpha value is -2.13. The van der Waals surface area contributed by atoms with Gasteiger partial charge >= 0.3 is 0 Å². The lowest BCUT2D eigenvalue weighted by Crippen LogP contribution is -2.04. The Balaban J connectivity index is 2.39. The summed E-state index contributed by atoms with van der Waals surface area (Å²) in [5.41, 5.74) is 1.17. The van der Waals surface area contributed by atoms with Gasteiger partial charge in [-0.1, -0.05) is 73.8 Å². The van der Waals surface area contributed by atoms with E-state index in [2.05, 4.69) is 13.2 Å². The molecule has 0 aromatic heterocycles. The van der Waals surface area contributed by atoms with Crippen LogP contribution in [0.1, 0.15) is 11.1 Å². The molecule has 0 saturated carbocycles. The largest absolute Gasteiger partial charge is 0.219 e. The van der Waals surface area contributed by atoms with Crippen molar-refractivity contribution in [2.75, 3.05) is 0 Å². The van der Waals surface area contributed by atoms with Crippen LogP contribution in [0.2, 0.25) is 0 Å². The smallest absolute Gasteiger partial charge is 0.206 e. The molecule has 2 rings (SSSR count). The molecule has 0 aliphatic carbocycles. The highest BCUT2D eigenvalue weighted by molar-refractivity contribution is 8.09. The van der Waals surface area contributed by atoms with E-state index < -0.39 is 9.84 Å². The summed E-state index contributed by atoms with van der Waals surface area (Å²) >= 11 is 0. The van der Waals surface area contributed by atoms with E-state index in [-0.39, 0.29) is 9.81 Å². The summed E-state index contributed by atoms with van der Waals surface area (Å²) in [5.74, 6) is 0. The summed E-state index contributed by atoms with van der Waals surface area (Å²) < 4.78 is 24.9. The molecule has 0 heterocycles. The highest BCUT2D eigenvalue weighted by atomic mass is 32.2. The van der Waals surface area contributed by atoms with Gasteiger partial charge in [0.2, 0.25) is 9.84 Å². The predicted molar refractivity (Wildman–Crippen MR) is 79.9 cm³/mol. The summed E-state index contributed by atoms with van der Waals surface area (Å²) in [7, 11) is -3.63. The Bertz CT molecular complexity index is 641. The van der Waals surface area contributed by atoms with Crippen LogP contribution in [-0.2, 0) is 9.84 Å². The normalized spacial score (nSPS) is 10.9. The molecule has 0 amide bonds. The fourth-order valence-corrected chi connectivity index (χ4v) is 2.90. The van der Waals surface area contributed by atoms with Gasteiger partial charge in [0.25, 0.3) is 0 Å². The minimum absolute atomic E-state index is 0.0713. The van der Waals surface area contributed by atoms with Crippen molar-refractivity contribution in [2.45, 2.75) is 0 Å². The maximum atomic E-state index is 12.4. The molecule has 0 unspecified atom stereocenters. The first-order valence-electron chi connectivity index (χ1n) is 5.77. The van der Waals surface area contributed by atoms with Gasteiger partial charge in [0.1, 0.15) is 0 Å². The summed E-state index contributed by atoms with van der Waals surface area (Å²) in [5, 5.41) is 0. The topological polar surface area (TPSA) is 34.1 Å². The quantitative estimate of drug-likeness (QED) is 0.848. The second kappa shape index (κ2) is 5.24. The fourth-order valence-electron chi connectivity index (χ4n) is 1.71. The van der Waals surface area contributed by atoms with Crippen LogP contribution in [-0.4, -0.2) is 8.42 Å². The van der Waals surface area contributed by atoms with Crippen molar-refractivity contribution >= 4 is 19.6 Å². The van der Waals surface area contributed by atoms with Crippen molar-refractivity contribution in [3.63, 3.8) is 0 Å². The zero-order valence-electron chi connectivity index (χ0n) is 10.4. The second-order valence-corrected chi connectivity index (χ2v) is 6.07. The van der Waals surface area contributed by atoms with Crippen molar-refractivity contribution in [1.82, 2.24) is 0 Å². The highest BCUT2D eigenvalue weighted by Gasteiger charge is 2.22. The van der Waals surface area contributed by atoms with Gasteiger partial charge in [0, 0.05) is 0 Å². The highest BCUT2D eigenvalue weighted by Crippen LogP contribution is 2.29. The molecule has 0 bridgehead atoms. The molecule has 0 N–H and O–H groups in total. The average molecular weight is 270 g/mol. The molecule has 0 fully saturated rings. The zero-order chi connectivity index (χ0) is 13.9. The van der Waals surface area contributed by atoms with Crippen LogP contribution in [0.5, 0.6) is 0 Å². The van der Waals surface area contributed by atoms with Gasteiger partial charge in [-0.25, -0.2) is 8.42 Å². The first-order chi connectivity index (χ1) is 9.03. The van der Waals surface area contributed by atoms with Crippen LogP contribution in [0.25, 0.3) is 9.81 Å². The van der Waals surface area contributed by atoms with Gasteiger partial charge < -0.3 is 0 Å². The van der Waals surface area contributed by atoms with Crippen LogP contribution in [0.4, 0.5) is 0 Å². The van der Waals surface area contributed by atoms with Crippen LogP contribution in [0, 0.1) is 0 Å². The van der Waals surface area contributed by atoms with Crippen molar-refractivity contribution in [3.05, 3.63) is 84.9 Å². The molecule has 96 valence electrons. The lowest BCUT2D eigenvalue weighted by atomic mass is 10.2. The van der Waals surface area contributed by atoms with E-state index in [0.717, 1.165) is 0 Å². The van der Waals surface area contributed by atoms with Gasteiger partial charge in [0.05, 0.1) is 9.81 Å². The third-order valence-electron chi connectivity index (χ3n) is 2.84. The molecule has 0 radical (unpaired) electrons. The van der Waals surface area contributed by atoms with Gasteiger partial charge in [-0.3, -0.25) is 0 Å². The molecular weight excluding hydrogens is 256 g/mol. The van der Waals surface area contributed by atoms with Crippen molar-refractivity contribution < 1.29 is 8.42 Å². The van der Waals surface area contributed by atoms with E-state index in [1.165, 1.54) is 0 Å². The third kappa shape index (κ3) is 2.66. The van der Waals surface area contributed by atoms with Crippen molar-refractivity contribution in [3.8, 4) is 0 Å². The van der Waals surface area contributed by atoms with Gasteiger partial charge in [0.15, 0.2) is 0 Å². The van der Waals surface area contributed by atoms with E-state index in [1.54, 1.807) is 48.5 Å². The van der Waals surface area contributed by atoms with Crippen molar-refractivity contribution in [1.29, 1.82) is 0 Å². The standard InChI is InChI=1S/C16H14O2S/c1-13(15-9-5-3-6-10-15)19(17,18)14(2)16-11-7-4-8-12-16/h3-12H,1-2H2. The Labute approximate surface area is 113 Å². The number of sulfone groups is 1. The SMILES string of the molecule is C=C(c1ccccc1)S(=O)(=O)C(=C)c1ccccc1. The van der Waals surface area contributed by atoms with Crippen LogP contribution in [0.15, 0.2) is 73.8 Å². The van der Waals surface area contributed by atoms with Gasteiger partial charge in [-0.15, -0.1) is 0 Å². The van der Waals surface area contributed by atoms with Gasteiger partial charge in [-0.2, -0.15) is 0 Å². The van der Waals surface area contributed by atoms with E-state index in [4.69, 9.17) is 0 Å². The fraction of sp³-hybridized carbons (Fsp3) is 0. The molecule has 0 saturated heterocycles. The molecule has 0 spiro atoms. The molecule has 0 aliphatic rings. The Morgan fingerprint density at radius 3 is 1.32 bits per heavy atom. The van der Waals surface area contributed by atoms with E-state index in [1.807, 2.05) is 12.1 Å². The Morgan fingerprint density at radius 1 is 0.684 bits per heavy atom. The molecule has 0 aliphatic heterocycles. The van der Waals surface area contributed by atoms with Crippen molar-refractivity contribution in [2.24, 2.45) is 0 Å². The third-order valence-corrected chi connectivity index (χ3v) is 4.61. The molecule has 2 aromatic carbocycles. The van der Waals surface area contributed by atoms with Crippen LogP contribution < -0.4 is 0 Å². The summed E-state index contributed by atoms with van der Waals surface area (Å²) in [6.07, 6.45) is 0. The zero-order valence-corrected chi connectivity index (χ0v) is 11.2. The molecule has 2 aromatic rings. The summed E-state index contributed by atoms with van der Waals surface area (Å²) in [4.78, 5) is 0.143. The molecule has 19 heavy (non-hydrogen) atoms. The first kappa shape index (κ1) is 13.3. The lowest BCUT2D eigenvalue weighted by Gasteiger charge is -2.10. The average Bonchev–Trinajstić information content (AvgIpc) is 2.47. The molecule has 0 atom stereocenters. The molecule has 2 nitrogen and oxygen atoms in total. The van der Waals surface area contributed by atoms with E-state index >= 15 is 0 Å². The Kier molecular flexibility index (Phi) is 3.67. The van der Waals surface area contributed by atoms with Crippen LogP contribution >= 0.6 is 0 Å².